The van der Waals surface area contributed by atoms with Crippen LogP contribution in [-0.4, -0.2) is 48.2 Å². The summed E-state index contributed by atoms with van der Waals surface area (Å²) in [6.07, 6.45) is 1.12. The van der Waals surface area contributed by atoms with Crippen LogP contribution in [0.1, 0.15) is 48.8 Å². The highest BCUT2D eigenvalue weighted by molar-refractivity contribution is 14.0. The number of likely N-dealkylation sites (tertiary alicyclic amines) is 1. The Morgan fingerprint density at radius 2 is 2.03 bits per heavy atom. The molecule has 3 atom stereocenters. The molecule has 1 aromatic heterocycles. The number of aryl methyl sites for hydroxylation is 2. The van der Waals surface area contributed by atoms with Gasteiger partial charge in [-0.3, -0.25) is 9.89 Å². The van der Waals surface area contributed by atoms with Crippen LogP contribution < -0.4 is 10.6 Å². The summed E-state index contributed by atoms with van der Waals surface area (Å²) < 4.78 is 5.30. The number of hydrogen-bond acceptors (Lipinski definition) is 4. The van der Waals surface area contributed by atoms with E-state index in [1.54, 1.807) is 0 Å². The van der Waals surface area contributed by atoms with Gasteiger partial charge in [-0.05, 0) is 32.8 Å². The molecule has 2 heterocycles. The highest BCUT2D eigenvalue weighted by Crippen LogP contribution is 2.23. The molecule has 1 aliphatic rings. The highest BCUT2D eigenvalue weighted by Gasteiger charge is 2.29. The van der Waals surface area contributed by atoms with E-state index >= 15 is 0 Å². The molecule has 0 spiro atoms. The second kappa shape index (κ2) is 11.0. The monoisotopic (exact) mass is 511 g/mol. The van der Waals surface area contributed by atoms with Crippen molar-refractivity contribution >= 4 is 29.9 Å². The number of aromatic nitrogens is 1. The molecular weight excluding hydrogens is 477 g/mol. The first-order valence-electron chi connectivity index (χ1n) is 10.2. The first-order valence-corrected chi connectivity index (χ1v) is 10.2. The molecule has 1 aliphatic heterocycles. The van der Waals surface area contributed by atoms with Crippen LogP contribution >= 0.6 is 24.0 Å². The molecule has 0 saturated carbocycles. The summed E-state index contributed by atoms with van der Waals surface area (Å²) in [5.74, 6) is 2.06. The largest absolute Gasteiger partial charge is 0.361 e. The molecule has 3 rings (SSSR count). The Morgan fingerprint density at radius 1 is 1.31 bits per heavy atom. The zero-order chi connectivity index (χ0) is 20.1. The van der Waals surface area contributed by atoms with Crippen LogP contribution in [0.5, 0.6) is 0 Å². The van der Waals surface area contributed by atoms with Crippen LogP contribution in [0.2, 0.25) is 0 Å². The summed E-state index contributed by atoms with van der Waals surface area (Å²) in [5.41, 5.74) is 3.52. The summed E-state index contributed by atoms with van der Waals surface area (Å²) in [4.78, 5) is 6.96. The molecule has 7 heteroatoms. The molecule has 6 nitrogen and oxygen atoms in total. The van der Waals surface area contributed by atoms with Crippen LogP contribution in [0.4, 0.5) is 0 Å². The summed E-state index contributed by atoms with van der Waals surface area (Å²) in [6.45, 7) is 11.3. The number of aliphatic imine (C=N–C) groups is 1. The van der Waals surface area contributed by atoms with Crippen molar-refractivity contribution in [2.24, 2.45) is 4.99 Å². The average Bonchev–Trinajstić information content (AvgIpc) is 3.20. The third-order valence-corrected chi connectivity index (χ3v) is 5.65. The fraction of sp³-hybridized carbons (Fsp3) is 0.545. The number of guanidine groups is 1. The van der Waals surface area contributed by atoms with E-state index in [0.29, 0.717) is 18.0 Å². The van der Waals surface area contributed by atoms with Gasteiger partial charge in [0.05, 0.1) is 5.69 Å². The van der Waals surface area contributed by atoms with E-state index in [4.69, 9.17) is 4.52 Å². The number of nitrogens with zero attached hydrogens (tertiary/aromatic N) is 3. The lowest BCUT2D eigenvalue weighted by Gasteiger charge is -2.21. The molecule has 1 aromatic carbocycles. The van der Waals surface area contributed by atoms with Crippen molar-refractivity contribution in [1.29, 1.82) is 0 Å². The molecule has 1 fully saturated rings. The van der Waals surface area contributed by atoms with Gasteiger partial charge in [0.25, 0.3) is 0 Å². The third kappa shape index (κ3) is 6.18. The first-order chi connectivity index (χ1) is 13.5. The fourth-order valence-corrected chi connectivity index (χ4v) is 4.17. The minimum Gasteiger partial charge on any atom is -0.361 e. The molecule has 2 N–H and O–H groups in total. The molecule has 160 valence electrons. The Bertz CT molecular complexity index is 772. The standard InChI is InChI=1S/C22H33N5O.HI/c1-15(21-17(3)26-28-18(21)4)12-24-22(23-5)25-20-11-16(2)27(14-20)13-19-9-7-6-8-10-19;/h6-10,15-16,20H,11-14H2,1-5H3,(H2,23,24,25);1H. The van der Waals surface area contributed by atoms with E-state index in [1.165, 1.54) is 11.1 Å². The zero-order valence-electron chi connectivity index (χ0n) is 18.1. The predicted molar refractivity (Wildman–Crippen MR) is 129 cm³/mol. The normalized spacial score (nSPS) is 20.9. The van der Waals surface area contributed by atoms with Gasteiger partial charge in [0.2, 0.25) is 0 Å². The Labute approximate surface area is 191 Å². The number of halogens is 1. The van der Waals surface area contributed by atoms with Gasteiger partial charge in [-0.25, -0.2) is 0 Å². The maximum atomic E-state index is 5.30. The van der Waals surface area contributed by atoms with Crippen molar-refractivity contribution in [2.75, 3.05) is 20.1 Å². The summed E-state index contributed by atoms with van der Waals surface area (Å²) in [6, 6.07) is 11.6. The zero-order valence-corrected chi connectivity index (χ0v) is 20.4. The predicted octanol–water partition coefficient (Wildman–Crippen LogP) is 3.84. The summed E-state index contributed by atoms with van der Waals surface area (Å²) in [7, 11) is 1.83. The van der Waals surface area contributed by atoms with E-state index < -0.39 is 0 Å². The van der Waals surface area contributed by atoms with Crippen molar-refractivity contribution in [1.82, 2.24) is 20.7 Å². The van der Waals surface area contributed by atoms with Crippen molar-refractivity contribution in [3.8, 4) is 0 Å². The van der Waals surface area contributed by atoms with E-state index in [-0.39, 0.29) is 24.0 Å². The average molecular weight is 511 g/mol. The lowest BCUT2D eigenvalue weighted by Crippen LogP contribution is -2.45. The Hall–Kier alpha value is -1.61. The Balaban J connectivity index is 0.00000300. The smallest absolute Gasteiger partial charge is 0.191 e. The third-order valence-electron chi connectivity index (χ3n) is 5.65. The van der Waals surface area contributed by atoms with Gasteiger partial charge in [-0.2, -0.15) is 0 Å². The van der Waals surface area contributed by atoms with E-state index in [9.17, 15) is 0 Å². The number of hydrogen-bond donors (Lipinski definition) is 2. The molecular formula is C22H34IN5O. The van der Waals surface area contributed by atoms with E-state index in [2.05, 4.69) is 69.9 Å². The maximum absolute atomic E-state index is 5.30. The topological polar surface area (TPSA) is 65.7 Å². The second-order valence-corrected chi connectivity index (χ2v) is 7.93. The van der Waals surface area contributed by atoms with Gasteiger partial charge in [0, 0.05) is 50.2 Å². The van der Waals surface area contributed by atoms with Crippen LogP contribution in [0.15, 0.2) is 39.8 Å². The van der Waals surface area contributed by atoms with E-state index in [1.807, 2.05) is 20.9 Å². The van der Waals surface area contributed by atoms with Gasteiger partial charge >= 0.3 is 0 Å². The van der Waals surface area contributed by atoms with Crippen molar-refractivity contribution in [2.45, 2.75) is 58.7 Å². The van der Waals surface area contributed by atoms with E-state index in [0.717, 1.165) is 43.5 Å². The number of benzene rings is 1. The molecule has 0 radical (unpaired) electrons. The van der Waals surface area contributed by atoms with Gasteiger partial charge in [0.15, 0.2) is 5.96 Å². The van der Waals surface area contributed by atoms with Gasteiger partial charge in [-0.15, -0.1) is 24.0 Å². The van der Waals surface area contributed by atoms with Crippen LogP contribution in [0.25, 0.3) is 0 Å². The molecule has 3 unspecified atom stereocenters. The summed E-state index contributed by atoms with van der Waals surface area (Å²) in [5, 5.41) is 11.1. The lowest BCUT2D eigenvalue weighted by molar-refractivity contribution is 0.258. The Kier molecular flexibility index (Phi) is 8.95. The second-order valence-electron chi connectivity index (χ2n) is 7.93. The van der Waals surface area contributed by atoms with Gasteiger partial charge in [-0.1, -0.05) is 42.4 Å². The SMILES string of the molecule is CN=C(NCC(C)c1c(C)noc1C)NC1CC(C)N(Cc2ccccc2)C1.I. The molecule has 2 aromatic rings. The van der Waals surface area contributed by atoms with Gasteiger partial charge < -0.3 is 15.2 Å². The molecule has 1 saturated heterocycles. The molecule has 0 amide bonds. The minimum absolute atomic E-state index is 0. The minimum atomic E-state index is 0. The fourth-order valence-electron chi connectivity index (χ4n) is 4.17. The molecule has 0 aliphatic carbocycles. The van der Waals surface area contributed by atoms with Crippen LogP contribution in [-0.2, 0) is 6.54 Å². The van der Waals surface area contributed by atoms with Crippen molar-refractivity contribution in [3.05, 3.63) is 52.9 Å². The maximum Gasteiger partial charge on any atom is 0.191 e. The van der Waals surface area contributed by atoms with Crippen molar-refractivity contribution in [3.63, 3.8) is 0 Å². The molecule has 0 bridgehead atoms. The lowest BCUT2D eigenvalue weighted by atomic mass is 10.00. The molecule has 29 heavy (non-hydrogen) atoms. The van der Waals surface area contributed by atoms with Crippen LogP contribution in [0, 0.1) is 13.8 Å². The number of rotatable bonds is 6. The first kappa shape index (κ1) is 23.7. The highest BCUT2D eigenvalue weighted by atomic mass is 127. The van der Waals surface area contributed by atoms with Gasteiger partial charge in [0.1, 0.15) is 5.76 Å². The van der Waals surface area contributed by atoms with Crippen LogP contribution in [0.3, 0.4) is 0 Å². The summed E-state index contributed by atoms with van der Waals surface area (Å²) >= 11 is 0. The quantitative estimate of drug-likeness (QED) is 0.351. The van der Waals surface area contributed by atoms with Crippen molar-refractivity contribution < 1.29 is 4.52 Å². The number of nitrogens with one attached hydrogen (secondary N) is 2. The Morgan fingerprint density at radius 3 is 2.66 bits per heavy atom.